The number of hydrogen-bond acceptors (Lipinski definition) is 6. The second-order valence-electron chi connectivity index (χ2n) is 4.11. The summed E-state index contributed by atoms with van der Waals surface area (Å²) in [7, 11) is 0. The molecule has 0 bridgehead atoms. The molecule has 2 rings (SSSR count). The summed E-state index contributed by atoms with van der Waals surface area (Å²) in [5.74, 6) is -0.444. The lowest BCUT2D eigenvalue weighted by molar-refractivity contribution is -0.383. The van der Waals surface area contributed by atoms with Crippen molar-refractivity contribution in [1.29, 1.82) is 0 Å². The Kier molecular flexibility index (Phi) is 4.11. The first-order chi connectivity index (χ1) is 10.3. The third-order valence-electron chi connectivity index (χ3n) is 2.56. The van der Waals surface area contributed by atoms with Crippen LogP contribution in [0.4, 0.5) is 18.9 Å². The fourth-order valence-electron chi connectivity index (χ4n) is 1.68. The predicted octanol–water partition coefficient (Wildman–Crippen LogP) is 2.76. The first-order valence-corrected chi connectivity index (χ1v) is 5.77. The number of nitrogens with zero attached hydrogens (tertiary/aromatic N) is 3. The van der Waals surface area contributed by atoms with Crippen LogP contribution in [-0.4, -0.2) is 34.0 Å². The number of aromatic nitrogens is 1. The van der Waals surface area contributed by atoms with Gasteiger partial charge in [-0.05, 0) is 12.1 Å². The zero-order valence-electron chi connectivity index (χ0n) is 10.7. The molecular weight excluding hydrogens is 307 g/mol. The quantitative estimate of drug-likeness (QED) is 0.531. The maximum Gasteiger partial charge on any atom is 0.425 e. The highest BCUT2D eigenvalue weighted by Crippen LogP contribution is 2.33. The van der Waals surface area contributed by atoms with Crippen molar-refractivity contribution in [3.63, 3.8) is 0 Å². The molecule has 0 fully saturated rings. The number of oxime groups is 1. The van der Waals surface area contributed by atoms with Gasteiger partial charge < -0.3 is 9.94 Å². The van der Waals surface area contributed by atoms with Gasteiger partial charge in [-0.2, -0.15) is 13.2 Å². The van der Waals surface area contributed by atoms with Crippen LogP contribution in [0.25, 0.3) is 10.9 Å². The summed E-state index contributed by atoms with van der Waals surface area (Å²) in [4.78, 5) is 18.1. The zero-order chi connectivity index (χ0) is 16.3. The van der Waals surface area contributed by atoms with Crippen LogP contribution in [-0.2, 0) is 4.84 Å². The average Bonchev–Trinajstić information content (AvgIpc) is 2.44. The van der Waals surface area contributed by atoms with E-state index in [-0.39, 0.29) is 22.2 Å². The monoisotopic (exact) mass is 315 g/mol. The topological polar surface area (TPSA) is 97.9 Å². The van der Waals surface area contributed by atoms with E-state index in [0.29, 0.717) is 0 Å². The molecule has 0 aliphatic carbocycles. The molecule has 1 aromatic carbocycles. The normalized spacial score (nSPS) is 12.0. The van der Waals surface area contributed by atoms with Crippen molar-refractivity contribution in [2.24, 2.45) is 5.16 Å². The number of nitro groups is 1. The maximum atomic E-state index is 11.9. The van der Waals surface area contributed by atoms with E-state index < -0.39 is 23.5 Å². The van der Waals surface area contributed by atoms with Crippen molar-refractivity contribution in [2.45, 2.75) is 6.18 Å². The van der Waals surface area contributed by atoms with E-state index in [1.54, 1.807) is 0 Å². The Morgan fingerprint density at radius 1 is 1.50 bits per heavy atom. The number of benzene rings is 1. The highest BCUT2D eigenvalue weighted by atomic mass is 19.4. The lowest BCUT2D eigenvalue weighted by Gasteiger charge is -2.05. The van der Waals surface area contributed by atoms with Crippen LogP contribution in [0.15, 0.2) is 29.6 Å². The van der Waals surface area contributed by atoms with Gasteiger partial charge in [-0.1, -0.05) is 5.16 Å². The molecule has 0 spiro atoms. The molecule has 0 unspecified atom stereocenters. The van der Waals surface area contributed by atoms with E-state index in [2.05, 4.69) is 15.0 Å². The number of fused-ring (bicyclic) bond motifs is 1. The van der Waals surface area contributed by atoms with E-state index in [1.165, 1.54) is 18.3 Å². The molecule has 10 heteroatoms. The third-order valence-corrected chi connectivity index (χ3v) is 2.56. The second kappa shape index (κ2) is 5.84. The van der Waals surface area contributed by atoms with Gasteiger partial charge in [0.05, 0.1) is 16.5 Å². The van der Waals surface area contributed by atoms with Crippen LogP contribution in [0.2, 0.25) is 0 Å². The number of nitro benzene ring substituents is 1. The number of phenols is 1. The number of alkyl halides is 3. The van der Waals surface area contributed by atoms with E-state index in [0.717, 1.165) is 12.3 Å². The molecule has 7 nitrogen and oxygen atoms in total. The fourth-order valence-corrected chi connectivity index (χ4v) is 1.68. The van der Waals surface area contributed by atoms with Crippen LogP contribution >= 0.6 is 0 Å². The number of phenolic OH excluding ortho intramolecular Hbond substituents is 1. The van der Waals surface area contributed by atoms with Crippen molar-refractivity contribution in [3.8, 4) is 5.75 Å². The second-order valence-corrected chi connectivity index (χ2v) is 4.11. The van der Waals surface area contributed by atoms with E-state index in [4.69, 9.17) is 0 Å². The summed E-state index contributed by atoms with van der Waals surface area (Å²) in [6, 6.07) is 3.82. The van der Waals surface area contributed by atoms with Gasteiger partial charge in [-0.25, -0.2) is 0 Å². The van der Waals surface area contributed by atoms with Crippen LogP contribution in [0.1, 0.15) is 5.56 Å². The number of non-ortho nitro benzene ring substituents is 1. The number of pyridine rings is 1. The summed E-state index contributed by atoms with van der Waals surface area (Å²) < 4.78 is 35.7. The number of halogens is 3. The molecular formula is C12H8F3N3O4. The number of hydrogen-bond donors (Lipinski definition) is 1. The molecule has 0 atom stereocenters. The molecule has 0 amide bonds. The molecule has 1 heterocycles. The summed E-state index contributed by atoms with van der Waals surface area (Å²) in [5, 5.41) is 24.1. The van der Waals surface area contributed by atoms with Gasteiger partial charge in [-0.15, -0.1) is 0 Å². The van der Waals surface area contributed by atoms with Gasteiger partial charge >= 0.3 is 6.18 Å². The molecule has 1 aromatic heterocycles. The van der Waals surface area contributed by atoms with Gasteiger partial charge in [0.15, 0.2) is 5.75 Å². The Morgan fingerprint density at radius 3 is 2.86 bits per heavy atom. The lowest BCUT2D eigenvalue weighted by atomic mass is 10.1. The molecule has 0 saturated heterocycles. The SMILES string of the molecule is O=[N+]([O-])c1cc(/C=N/OCC(F)(F)F)c(O)c2ncccc12. The summed E-state index contributed by atoms with van der Waals surface area (Å²) in [6.07, 6.45) is -2.49. The Morgan fingerprint density at radius 2 is 2.23 bits per heavy atom. The number of aromatic hydroxyl groups is 1. The van der Waals surface area contributed by atoms with Crippen molar-refractivity contribution in [1.82, 2.24) is 4.98 Å². The minimum Gasteiger partial charge on any atom is -0.505 e. The van der Waals surface area contributed by atoms with Gasteiger partial charge in [0, 0.05) is 17.8 Å². The van der Waals surface area contributed by atoms with Crippen molar-refractivity contribution in [3.05, 3.63) is 40.1 Å². The maximum absolute atomic E-state index is 11.9. The first kappa shape index (κ1) is 15.5. The van der Waals surface area contributed by atoms with Gasteiger partial charge in [0.2, 0.25) is 6.61 Å². The Hall–Kier alpha value is -2.91. The highest BCUT2D eigenvalue weighted by molar-refractivity contribution is 5.99. The predicted molar refractivity (Wildman–Crippen MR) is 69.7 cm³/mol. The zero-order valence-corrected chi connectivity index (χ0v) is 10.7. The van der Waals surface area contributed by atoms with Crippen LogP contribution in [0.5, 0.6) is 5.75 Å². The lowest BCUT2D eigenvalue weighted by Crippen LogP contribution is -2.14. The van der Waals surface area contributed by atoms with Gasteiger partial charge in [0.25, 0.3) is 5.69 Å². The van der Waals surface area contributed by atoms with Crippen molar-refractivity contribution < 1.29 is 28.0 Å². The Bertz CT molecular complexity index is 746. The number of rotatable bonds is 4. The van der Waals surface area contributed by atoms with E-state index in [1.807, 2.05) is 0 Å². The molecule has 1 N–H and O–H groups in total. The molecule has 116 valence electrons. The smallest absolute Gasteiger partial charge is 0.425 e. The minimum atomic E-state index is -4.56. The minimum absolute atomic E-state index is 0.0611. The average molecular weight is 315 g/mol. The summed E-state index contributed by atoms with van der Waals surface area (Å²) in [5.41, 5.74) is -0.604. The van der Waals surface area contributed by atoms with Crippen molar-refractivity contribution >= 4 is 22.8 Å². The van der Waals surface area contributed by atoms with Gasteiger partial charge in [0.1, 0.15) is 5.52 Å². The van der Waals surface area contributed by atoms with E-state index >= 15 is 0 Å². The summed E-state index contributed by atoms with van der Waals surface area (Å²) in [6.45, 7) is -1.61. The first-order valence-electron chi connectivity index (χ1n) is 5.77. The standard InChI is InChI=1S/C12H8F3N3O4/c13-12(14,15)6-22-17-5-7-4-9(18(20)21)8-2-1-3-16-10(8)11(7)19/h1-5,19H,6H2/b17-5+. The van der Waals surface area contributed by atoms with Crippen LogP contribution in [0, 0.1) is 10.1 Å². The molecule has 2 aromatic rings. The molecule has 0 aliphatic heterocycles. The molecule has 0 saturated carbocycles. The fraction of sp³-hybridized carbons (Fsp3) is 0.167. The van der Waals surface area contributed by atoms with Gasteiger partial charge in [-0.3, -0.25) is 15.1 Å². The summed E-state index contributed by atoms with van der Waals surface area (Å²) >= 11 is 0. The van der Waals surface area contributed by atoms with Crippen LogP contribution < -0.4 is 0 Å². The van der Waals surface area contributed by atoms with E-state index in [9.17, 15) is 28.4 Å². The van der Waals surface area contributed by atoms with Crippen LogP contribution in [0.3, 0.4) is 0 Å². The molecule has 0 aliphatic rings. The molecule has 22 heavy (non-hydrogen) atoms. The third kappa shape index (κ3) is 3.40. The largest absolute Gasteiger partial charge is 0.505 e. The Labute approximate surface area is 120 Å². The molecule has 0 radical (unpaired) electrons. The highest BCUT2D eigenvalue weighted by Gasteiger charge is 2.28. The Balaban J connectivity index is 2.40. The van der Waals surface area contributed by atoms with Crippen molar-refractivity contribution in [2.75, 3.05) is 6.61 Å².